The second kappa shape index (κ2) is 11.1. The predicted octanol–water partition coefficient (Wildman–Crippen LogP) is 4.51. The molecule has 1 amide bonds. The molecule has 0 bridgehead atoms. The van der Waals surface area contributed by atoms with E-state index in [1.54, 1.807) is 5.48 Å². The molecule has 1 aliphatic carbocycles. The summed E-state index contributed by atoms with van der Waals surface area (Å²) in [5.41, 5.74) is 6.36. The number of aromatic nitrogens is 1. The van der Waals surface area contributed by atoms with Crippen LogP contribution < -0.4 is 10.2 Å². The number of aromatic amines is 1. The highest BCUT2D eigenvalue weighted by atomic mass is 16.5. The average molecular weight is 480 g/mol. The number of hydrogen-bond acceptors (Lipinski definition) is 4. The van der Waals surface area contributed by atoms with Gasteiger partial charge in [-0.05, 0) is 41.3 Å². The van der Waals surface area contributed by atoms with E-state index in [-0.39, 0.29) is 5.92 Å². The molecule has 0 saturated heterocycles. The second-order valence-corrected chi connectivity index (χ2v) is 9.01. The number of H-pyrrole nitrogens is 1. The van der Waals surface area contributed by atoms with Gasteiger partial charge >= 0.3 is 0 Å². The number of benzene rings is 3. The number of rotatable bonds is 11. The summed E-state index contributed by atoms with van der Waals surface area (Å²) < 4.78 is 5.98. The molecule has 1 aliphatic rings. The van der Waals surface area contributed by atoms with Crippen molar-refractivity contribution in [3.05, 3.63) is 102 Å². The molecular weight excluding hydrogens is 450 g/mol. The molecule has 0 fully saturated rings. The fourth-order valence-corrected chi connectivity index (χ4v) is 4.60. The number of carbonyl (C=O) groups is 1. The van der Waals surface area contributed by atoms with Crippen molar-refractivity contribution < 1.29 is 14.7 Å². The quantitative estimate of drug-likeness (QED) is 0.168. The largest absolute Gasteiger partial charge is 0.492 e. The number of amides is 1. The molecule has 0 radical (unpaired) electrons. The van der Waals surface area contributed by atoms with Crippen molar-refractivity contribution in [2.75, 3.05) is 19.7 Å². The number of nitrogens with zero attached hydrogens (tertiary/aromatic N) is 1. The zero-order valence-electron chi connectivity index (χ0n) is 20.0. The number of fused-ring (bicyclic) bond motifs is 1. The van der Waals surface area contributed by atoms with Gasteiger partial charge in [-0.3, -0.25) is 14.9 Å². The van der Waals surface area contributed by atoms with Crippen LogP contribution >= 0.6 is 0 Å². The maximum absolute atomic E-state index is 11.8. The van der Waals surface area contributed by atoms with Crippen LogP contribution in [0.25, 0.3) is 10.9 Å². The third kappa shape index (κ3) is 5.44. The Kier molecular flexibility index (Phi) is 7.32. The molecule has 2 unspecified atom stereocenters. The summed E-state index contributed by atoms with van der Waals surface area (Å²) in [4.78, 5) is 17.5. The lowest BCUT2D eigenvalue weighted by Gasteiger charge is -2.24. The molecule has 36 heavy (non-hydrogen) atoms. The monoisotopic (exact) mass is 479 g/mol. The zero-order valence-corrected chi connectivity index (χ0v) is 20.0. The molecule has 1 heterocycles. The normalized spacial score (nSPS) is 16.3. The van der Waals surface area contributed by atoms with Crippen molar-refractivity contribution in [1.29, 1.82) is 0 Å². The van der Waals surface area contributed by atoms with Gasteiger partial charge < -0.3 is 9.72 Å². The fraction of sp³-hybridized carbons (Fsp3) is 0.233. The van der Waals surface area contributed by atoms with Gasteiger partial charge in [-0.15, -0.1) is 0 Å². The highest BCUT2D eigenvalue weighted by Crippen LogP contribution is 2.30. The van der Waals surface area contributed by atoms with E-state index in [1.165, 1.54) is 16.5 Å². The van der Waals surface area contributed by atoms with Crippen LogP contribution in [0.1, 0.15) is 22.6 Å². The molecule has 4 aromatic rings. The van der Waals surface area contributed by atoms with E-state index < -0.39 is 11.8 Å². The highest BCUT2D eigenvalue weighted by Gasteiger charge is 2.32. The van der Waals surface area contributed by atoms with Gasteiger partial charge in [0.2, 0.25) is 0 Å². The maximum atomic E-state index is 11.8. The first-order valence-electron chi connectivity index (χ1n) is 12.2. The van der Waals surface area contributed by atoms with Crippen molar-refractivity contribution in [1.82, 2.24) is 15.4 Å². The van der Waals surface area contributed by atoms with Crippen LogP contribution in [0.15, 0.2) is 85.1 Å². The summed E-state index contributed by atoms with van der Waals surface area (Å²) >= 11 is 0. The summed E-state index contributed by atoms with van der Waals surface area (Å²) in [5.74, 6) is 5.60. The molecule has 182 valence electrons. The lowest BCUT2D eigenvalue weighted by Crippen LogP contribution is -2.34. The third-order valence-electron chi connectivity index (χ3n) is 6.66. The smallest absolute Gasteiger partial charge is 0.260 e. The summed E-state index contributed by atoms with van der Waals surface area (Å²) in [7, 11) is 0. The van der Waals surface area contributed by atoms with Crippen LogP contribution in [0.2, 0.25) is 0 Å². The molecule has 1 aromatic heterocycles. The SMILES string of the molecule is O=C(NO)C1C#CC1c1ccc(CN(CCOc2ccccc2)CCc2c[nH]c3ccccc23)cc1. The molecular formula is C30H29N3O3. The average Bonchev–Trinajstić information content (AvgIpc) is 3.31. The zero-order chi connectivity index (χ0) is 24.7. The first-order valence-corrected chi connectivity index (χ1v) is 12.2. The number of hydrogen-bond donors (Lipinski definition) is 3. The number of hydroxylamine groups is 1. The van der Waals surface area contributed by atoms with E-state index in [0.717, 1.165) is 42.9 Å². The molecule has 0 saturated carbocycles. The van der Waals surface area contributed by atoms with Crippen LogP contribution in [0.3, 0.4) is 0 Å². The van der Waals surface area contributed by atoms with Crippen molar-refractivity contribution in [3.63, 3.8) is 0 Å². The summed E-state index contributed by atoms with van der Waals surface area (Å²) in [5, 5.41) is 10.2. The molecule has 0 spiro atoms. The van der Waals surface area contributed by atoms with E-state index in [0.29, 0.717) is 6.61 Å². The number of carbonyl (C=O) groups excluding carboxylic acids is 1. The predicted molar refractivity (Wildman–Crippen MR) is 140 cm³/mol. The van der Waals surface area contributed by atoms with Gasteiger partial charge in [0, 0.05) is 36.7 Å². The highest BCUT2D eigenvalue weighted by molar-refractivity contribution is 5.84. The Balaban J connectivity index is 1.24. The van der Waals surface area contributed by atoms with Crippen LogP contribution in [-0.2, 0) is 17.8 Å². The lowest BCUT2D eigenvalue weighted by molar-refractivity contribution is -0.132. The van der Waals surface area contributed by atoms with Gasteiger partial charge in [0.1, 0.15) is 18.3 Å². The van der Waals surface area contributed by atoms with Crippen LogP contribution in [0.5, 0.6) is 5.75 Å². The van der Waals surface area contributed by atoms with Crippen LogP contribution in [-0.4, -0.2) is 40.7 Å². The Bertz CT molecular complexity index is 1370. The van der Waals surface area contributed by atoms with Gasteiger partial charge in [0.25, 0.3) is 5.91 Å². The van der Waals surface area contributed by atoms with E-state index in [1.807, 2.05) is 48.5 Å². The number of nitrogens with one attached hydrogen (secondary N) is 2. The van der Waals surface area contributed by atoms with Crippen molar-refractivity contribution in [2.45, 2.75) is 18.9 Å². The summed E-state index contributed by atoms with van der Waals surface area (Å²) in [6.07, 6.45) is 3.04. The van der Waals surface area contributed by atoms with Gasteiger partial charge in [-0.25, -0.2) is 5.48 Å². The van der Waals surface area contributed by atoms with E-state index in [2.05, 4.69) is 58.3 Å². The molecule has 6 nitrogen and oxygen atoms in total. The van der Waals surface area contributed by atoms with E-state index in [4.69, 9.17) is 9.94 Å². The molecule has 5 rings (SSSR count). The van der Waals surface area contributed by atoms with Gasteiger partial charge in [0.15, 0.2) is 0 Å². The second-order valence-electron chi connectivity index (χ2n) is 9.01. The summed E-state index contributed by atoms with van der Waals surface area (Å²) in [6, 6.07) is 26.5. The van der Waals surface area contributed by atoms with Gasteiger partial charge in [0.05, 0.1) is 5.92 Å². The standard InChI is InChI=1S/C30H29N3O3/c34-30(32-35)28-15-14-26(28)23-12-10-22(11-13-23)21-33(18-19-36-25-6-2-1-3-7-25)17-16-24-20-31-29-9-5-4-8-27(24)29/h1-13,20,26,28,31,35H,16-19,21H2,(H,32,34). The van der Waals surface area contributed by atoms with Crippen LogP contribution in [0.4, 0.5) is 0 Å². The maximum Gasteiger partial charge on any atom is 0.260 e. The molecule has 2 atom stereocenters. The Morgan fingerprint density at radius 3 is 2.50 bits per heavy atom. The topological polar surface area (TPSA) is 77.6 Å². The number of ether oxygens (including phenoxy) is 1. The van der Waals surface area contributed by atoms with Crippen molar-refractivity contribution in [2.24, 2.45) is 5.92 Å². The Labute approximate surface area is 210 Å². The molecule has 6 heteroatoms. The lowest BCUT2D eigenvalue weighted by atomic mass is 9.79. The van der Waals surface area contributed by atoms with E-state index >= 15 is 0 Å². The van der Waals surface area contributed by atoms with Gasteiger partial charge in [-0.1, -0.05) is 72.5 Å². The Morgan fingerprint density at radius 1 is 0.972 bits per heavy atom. The van der Waals surface area contributed by atoms with Crippen molar-refractivity contribution in [3.8, 4) is 17.6 Å². The Hall–Kier alpha value is -4.05. The fourth-order valence-electron chi connectivity index (χ4n) is 4.60. The van der Waals surface area contributed by atoms with E-state index in [9.17, 15) is 4.79 Å². The molecule has 3 N–H and O–H groups in total. The Morgan fingerprint density at radius 2 is 1.75 bits per heavy atom. The first kappa shape index (κ1) is 23.7. The van der Waals surface area contributed by atoms with Crippen LogP contribution in [0, 0.1) is 17.8 Å². The third-order valence-corrected chi connectivity index (χ3v) is 6.66. The molecule has 0 aliphatic heterocycles. The molecule has 3 aromatic carbocycles. The minimum Gasteiger partial charge on any atom is -0.492 e. The van der Waals surface area contributed by atoms with Gasteiger partial charge in [-0.2, -0.15) is 0 Å². The minimum atomic E-state index is -0.497. The minimum absolute atomic E-state index is 0.177. The van der Waals surface area contributed by atoms with Crippen molar-refractivity contribution >= 4 is 16.8 Å². The number of para-hydroxylation sites is 2. The summed E-state index contributed by atoms with van der Waals surface area (Å²) in [6.45, 7) is 3.09. The first-order chi connectivity index (χ1) is 17.7.